The van der Waals surface area contributed by atoms with Crippen LogP contribution in [0.2, 0.25) is 0 Å². The van der Waals surface area contributed by atoms with Gasteiger partial charge in [-0.3, -0.25) is 15.2 Å². The first-order chi connectivity index (χ1) is 22.5. The maximum Gasteiger partial charge on any atom is 0.410 e. The molecule has 3 N–H and O–H groups in total. The van der Waals surface area contributed by atoms with E-state index in [1.165, 1.54) is 0 Å². The van der Waals surface area contributed by atoms with Gasteiger partial charge in [0.15, 0.2) is 11.5 Å². The lowest BCUT2D eigenvalue weighted by molar-refractivity contribution is 0.0293. The van der Waals surface area contributed by atoms with Crippen molar-refractivity contribution in [3.8, 4) is 17.2 Å². The maximum absolute atomic E-state index is 12.7. The highest BCUT2D eigenvalue weighted by Gasteiger charge is 2.31. The second-order valence-corrected chi connectivity index (χ2v) is 12.2. The number of amides is 2. The van der Waals surface area contributed by atoms with Crippen LogP contribution in [-0.4, -0.2) is 78.7 Å². The maximum atomic E-state index is 12.7. The lowest BCUT2D eigenvalue weighted by atomic mass is 10.2. The summed E-state index contributed by atoms with van der Waals surface area (Å²) in [5.41, 5.74) is 1.49. The van der Waals surface area contributed by atoms with Crippen LogP contribution in [-0.2, 0) is 11.3 Å². The Kier molecular flexibility index (Phi) is 8.66. The molecule has 2 aromatic carbocycles. The highest BCUT2D eigenvalue weighted by molar-refractivity contribution is 6.03. The number of benzene rings is 2. The average Bonchev–Trinajstić information content (AvgIpc) is 3.77. The van der Waals surface area contributed by atoms with Crippen LogP contribution >= 0.6 is 0 Å². The van der Waals surface area contributed by atoms with Gasteiger partial charge in [0.1, 0.15) is 34.1 Å². The number of hydrogen-bond acceptors (Lipinski definition) is 10. The number of nitrogens with zero attached hydrogens (tertiary/aromatic N) is 6. The third kappa shape index (κ3) is 7.43. The molecule has 5 aromatic rings. The molecule has 14 heteroatoms. The van der Waals surface area contributed by atoms with Gasteiger partial charge in [-0.2, -0.15) is 10.1 Å². The van der Waals surface area contributed by atoms with Crippen LogP contribution < -0.4 is 20.1 Å². The van der Waals surface area contributed by atoms with Gasteiger partial charge in [-0.15, -0.1) is 5.10 Å². The molecule has 14 nitrogen and oxygen atoms in total. The highest BCUT2D eigenvalue weighted by Crippen LogP contribution is 2.35. The summed E-state index contributed by atoms with van der Waals surface area (Å²) in [6.07, 6.45) is 2.06. The molecule has 0 saturated carbocycles. The highest BCUT2D eigenvalue weighted by atomic mass is 16.6. The Hall–Kier alpha value is -5.66. The van der Waals surface area contributed by atoms with Gasteiger partial charge in [-0.1, -0.05) is 12.1 Å². The van der Waals surface area contributed by atoms with E-state index in [0.29, 0.717) is 59.4 Å². The molecule has 0 unspecified atom stereocenters. The fraction of sp³-hybridized carbons (Fsp3) is 0.333. The topological polar surface area (TPSA) is 161 Å². The largest absolute Gasteiger partial charge is 0.497 e. The van der Waals surface area contributed by atoms with Crippen molar-refractivity contribution in [1.82, 2.24) is 34.8 Å². The standard InChI is InChI=1S/C33H37N9O5/c1-20-35-31(39-38-20)37-30(43)22-8-12-25(13-9-22)46-26-14-16-34-29-27(26)28(40-42(29)18-21-6-10-24(45-5)11-7-21)36-23-15-17-41(19-23)32(44)47-33(2,3)4/h6-14,16,23H,15,17-19H2,1-5H3,(H,36,40)(H2,35,37,38,39,43)/t23-/m1/s1. The molecule has 244 valence electrons. The predicted molar refractivity (Wildman–Crippen MR) is 175 cm³/mol. The van der Waals surface area contributed by atoms with Crippen molar-refractivity contribution in [2.24, 2.45) is 0 Å². The van der Waals surface area contributed by atoms with Crippen molar-refractivity contribution in [3.63, 3.8) is 0 Å². The fourth-order valence-electron chi connectivity index (χ4n) is 5.21. The number of H-pyrrole nitrogens is 1. The Morgan fingerprint density at radius 3 is 2.47 bits per heavy atom. The van der Waals surface area contributed by atoms with E-state index in [-0.39, 0.29) is 24.0 Å². The van der Waals surface area contributed by atoms with E-state index in [1.807, 2.05) is 49.7 Å². The summed E-state index contributed by atoms with van der Waals surface area (Å²) in [4.78, 5) is 35.9. The Bertz CT molecular complexity index is 1880. The molecule has 1 atom stereocenters. The Balaban J connectivity index is 1.26. The molecule has 1 aliphatic rings. The minimum atomic E-state index is -0.575. The summed E-state index contributed by atoms with van der Waals surface area (Å²) in [5, 5.41) is 18.5. The second-order valence-electron chi connectivity index (χ2n) is 12.2. The van der Waals surface area contributed by atoms with Crippen molar-refractivity contribution in [3.05, 3.63) is 77.7 Å². The molecule has 6 rings (SSSR count). The van der Waals surface area contributed by atoms with Crippen molar-refractivity contribution < 1.29 is 23.8 Å². The lowest BCUT2D eigenvalue weighted by Gasteiger charge is -2.24. The van der Waals surface area contributed by atoms with Gasteiger partial charge >= 0.3 is 6.09 Å². The van der Waals surface area contributed by atoms with Crippen LogP contribution in [0.15, 0.2) is 60.8 Å². The summed E-state index contributed by atoms with van der Waals surface area (Å²) in [6, 6.07) is 16.3. The lowest BCUT2D eigenvalue weighted by Crippen LogP contribution is -2.36. The van der Waals surface area contributed by atoms with Gasteiger partial charge in [0.2, 0.25) is 5.95 Å². The van der Waals surface area contributed by atoms with E-state index in [0.717, 1.165) is 17.7 Å². The van der Waals surface area contributed by atoms with Crippen LogP contribution in [0, 0.1) is 6.92 Å². The van der Waals surface area contributed by atoms with Gasteiger partial charge in [0.25, 0.3) is 5.91 Å². The van der Waals surface area contributed by atoms with E-state index >= 15 is 0 Å². The number of hydrogen-bond donors (Lipinski definition) is 3. The van der Waals surface area contributed by atoms with Crippen LogP contribution in [0.5, 0.6) is 17.2 Å². The van der Waals surface area contributed by atoms with Crippen LogP contribution in [0.4, 0.5) is 16.6 Å². The normalized spacial score (nSPS) is 14.7. The minimum absolute atomic E-state index is 0.0614. The summed E-state index contributed by atoms with van der Waals surface area (Å²) in [7, 11) is 1.63. The van der Waals surface area contributed by atoms with Crippen molar-refractivity contribution in [1.29, 1.82) is 0 Å². The molecule has 0 radical (unpaired) electrons. The number of rotatable bonds is 9. The van der Waals surface area contributed by atoms with Gasteiger partial charge in [-0.25, -0.2) is 14.5 Å². The number of aryl methyl sites for hydroxylation is 1. The molecule has 2 amide bonds. The molecule has 1 fully saturated rings. The Morgan fingerprint density at radius 1 is 1.04 bits per heavy atom. The number of aromatic nitrogens is 6. The quantitative estimate of drug-likeness (QED) is 0.191. The number of ether oxygens (including phenoxy) is 3. The molecule has 1 aliphatic heterocycles. The SMILES string of the molecule is COc1ccc(Cn2nc(N[C@@H]3CCN(C(=O)OC(C)(C)C)C3)c3c(Oc4ccc(C(=O)Nc5n[nH]c(C)n5)cc4)ccnc32)cc1. The van der Waals surface area contributed by atoms with Crippen molar-refractivity contribution >= 4 is 34.8 Å². The van der Waals surface area contributed by atoms with Crippen LogP contribution in [0.3, 0.4) is 0 Å². The van der Waals surface area contributed by atoms with E-state index in [4.69, 9.17) is 19.3 Å². The number of carbonyl (C=O) groups is 2. The van der Waals surface area contributed by atoms with Crippen LogP contribution in [0.25, 0.3) is 11.0 Å². The molecule has 47 heavy (non-hydrogen) atoms. The molecule has 0 spiro atoms. The van der Waals surface area contributed by atoms with Gasteiger partial charge in [0.05, 0.1) is 13.7 Å². The number of nitrogens with one attached hydrogen (secondary N) is 3. The molecule has 4 heterocycles. The van der Waals surface area contributed by atoms with E-state index in [2.05, 4.69) is 30.8 Å². The van der Waals surface area contributed by atoms with E-state index in [9.17, 15) is 9.59 Å². The molecule has 0 bridgehead atoms. The summed E-state index contributed by atoms with van der Waals surface area (Å²) >= 11 is 0. The number of aromatic amines is 1. The first kappa shape index (κ1) is 31.3. The summed E-state index contributed by atoms with van der Waals surface area (Å²) < 4.78 is 19.1. The zero-order valence-electron chi connectivity index (χ0n) is 26.9. The van der Waals surface area contributed by atoms with Gasteiger partial charge in [-0.05, 0) is 76.1 Å². The van der Waals surface area contributed by atoms with Crippen LogP contribution in [0.1, 0.15) is 48.9 Å². The minimum Gasteiger partial charge on any atom is -0.497 e. The first-order valence-corrected chi connectivity index (χ1v) is 15.3. The number of carbonyl (C=O) groups excluding carboxylic acids is 2. The second kappa shape index (κ2) is 13.0. The van der Waals surface area contributed by atoms with Gasteiger partial charge < -0.3 is 24.4 Å². The number of fused-ring (bicyclic) bond motifs is 1. The zero-order chi connectivity index (χ0) is 33.1. The summed E-state index contributed by atoms with van der Waals surface area (Å²) in [5.74, 6) is 2.87. The zero-order valence-corrected chi connectivity index (χ0v) is 26.9. The molecule has 0 aliphatic carbocycles. The monoisotopic (exact) mass is 639 g/mol. The summed E-state index contributed by atoms with van der Waals surface area (Å²) in [6.45, 7) is 8.81. The van der Waals surface area contributed by atoms with E-state index < -0.39 is 5.60 Å². The third-order valence-corrected chi connectivity index (χ3v) is 7.43. The Labute approximate surface area is 271 Å². The number of likely N-dealkylation sites (tertiary alicyclic amines) is 1. The molecule has 1 saturated heterocycles. The smallest absolute Gasteiger partial charge is 0.410 e. The molecular formula is C33H37N9O5. The predicted octanol–water partition coefficient (Wildman–Crippen LogP) is 5.38. The van der Waals surface area contributed by atoms with Crippen molar-refractivity contribution in [2.45, 2.75) is 52.3 Å². The number of methoxy groups -OCH3 is 1. The average molecular weight is 640 g/mol. The number of anilines is 2. The third-order valence-electron chi connectivity index (χ3n) is 7.43. The van der Waals surface area contributed by atoms with Crippen molar-refractivity contribution in [2.75, 3.05) is 30.8 Å². The fourth-order valence-corrected chi connectivity index (χ4v) is 5.21. The van der Waals surface area contributed by atoms with Gasteiger partial charge in [0, 0.05) is 37.0 Å². The van der Waals surface area contributed by atoms with E-state index in [1.54, 1.807) is 55.5 Å². The molecular weight excluding hydrogens is 602 g/mol. The first-order valence-electron chi connectivity index (χ1n) is 15.3. The Morgan fingerprint density at radius 2 is 1.79 bits per heavy atom. The number of pyridine rings is 1. The molecule has 3 aromatic heterocycles.